The number of aryl methyl sites for hydroxylation is 1. The van der Waals surface area contributed by atoms with Gasteiger partial charge in [0.15, 0.2) is 11.6 Å². The Kier molecular flexibility index (Phi) is 14.9. The molecule has 0 amide bonds. The van der Waals surface area contributed by atoms with Crippen LogP contribution in [0.2, 0.25) is 0 Å². The first-order valence-corrected chi connectivity index (χ1v) is 13.8. The minimum absolute atomic E-state index is 0.197. The molecule has 0 saturated carbocycles. The summed E-state index contributed by atoms with van der Waals surface area (Å²) in [7, 11) is 0. The lowest BCUT2D eigenvalue weighted by Gasteiger charge is -2.06. The summed E-state index contributed by atoms with van der Waals surface area (Å²) in [5.74, 6) is 0.881. The van der Waals surface area contributed by atoms with Gasteiger partial charge in [-0.15, -0.1) is 0 Å². The standard InChI is InChI=1S/C30H46N2O2/c1-3-5-7-9-11-13-15-17-19-29(33)34-28-24-31-30(32-25-28)27-22-20-26(21-23-27)18-16-14-12-10-8-6-4-2/h20-25H,3-19H2,1-2H3. The van der Waals surface area contributed by atoms with Crippen molar-refractivity contribution in [1.29, 1.82) is 0 Å². The van der Waals surface area contributed by atoms with Gasteiger partial charge in [0.1, 0.15) is 0 Å². The van der Waals surface area contributed by atoms with Crippen molar-refractivity contribution in [3.63, 3.8) is 0 Å². The third kappa shape index (κ3) is 12.3. The van der Waals surface area contributed by atoms with Crippen molar-refractivity contribution < 1.29 is 9.53 Å². The van der Waals surface area contributed by atoms with E-state index in [-0.39, 0.29) is 5.97 Å². The molecule has 4 nitrogen and oxygen atoms in total. The van der Waals surface area contributed by atoms with Gasteiger partial charge in [-0.05, 0) is 24.8 Å². The number of rotatable bonds is 19. The number of benzene rings is 1. The lowest BCUT2D eigenvalue weighted by Crippen LogP contribution is -2.08. The summed E-state index contributed by atoms with van der Waals surface area (Å²) in [5, 5.41) is 0. The van der Waals surface area contributed by atoms with Gasteiger partial charge < -0.3 is 4.74 Å². The Bertz CT molecular complexity index is 771. The van der Waals surface area contributed by atoms with Crippen LogP contribution in [0.3, 0.4) is 0 Å². The number of ether oxygens (including phenoxy) is 1. The zero-order chi connectivity index (χ0) is 24.3. The second-order valence-corrected chi connectivity index (χ2v) is 9.51. The fourth-order valence-corrected chi connectivity index (χ4v) is 4.21. The van der Waals surface area contributed by atoms with Crippen LogP contribution in [-0.2, 0) is 11.2 Å². The molecule has 0 aliphatic carbocycles. The molecular formula is C30H46N2O2. The van der Waals surface area contributed by atoms with E-state index in [1.54, 1.807) is 12.4 Å². The second-order valence-electron chi connectivity index (χ2n) is 9.51. The number of carbonyl (C=O) groups excluding carboxylic acids is 1. The monoisotopic (exact) mass is 466 g/mol. The third-order valence-electron chi connectivity index (χ3n) is 6.38. The topological polar surface area (TPSA) is 52.1 Å². The van der Waals surface area contributed by atoms with Crippen LogP contribution in [-0.4, -0.2) is 15.9 Å². The van der Waals surface area contributed by atoms with Gasteiger partial charge in [-0.2, -0.15) is 0 Å². The van der Waals surface area contributed by atoms with Crippen molar-refractivity contribution in [1.82, 2.24) is 9.97 Å². The summed E-state index contributed by atoms with van der Waals surface area (Å²) in [5.41, 5.74) is 2.35. The molecule has 1 aromatic heterocycles. The van der Waals surface area contributed by atoms with E-state index in [9.17, 15) is 4.79 Å². The summed E-state index contributed by atoms with van der Waals surface area (Å²) < 4.78 is 5.41. The van der Waals surface area contributed by atoms with Crippen LogP contribution in [0.5, 0.6) is 5.75 Å². The van der Waals surface area contributed by atoms with Crippen molar-refractivity contribution >= 4 is 5.97 Å². The number of hydrogen-bond donors (Lipinski definition) is 0. The minimum Gasteiger partial charge on any atom is -0.423 e. The molecule has 0 unspecified atom stereocenters. The van der Waals surface area contributed by atoms with Crippen molar-refractivity contribution in [2.24, 2.45) is 0 Å². The maximum absolute atomic E-state index is 12.1. The maximum Gasteiger partial charge on any atom is 0.311 e. The summed E-state index contributed by atoms with van der Waals surface area (Å²) in [6.45, 7) is 4.50. The Morgan fingerprint density at radius 2 is 1.18 bits per heavy atom. The number of hydrogen-bond acceptors (Lipinski definition) is 4. The first-order chi connectivity index (χ1) is 16.7. The van der Waals surface area contributed by atoms with Crippen molar-refractivity contribution in [3.8, 4) is 17.1 Å². The highest BCUT2D eigenvalue weighted by Gasteiger charge is 2.07. The average molecular weight is 467 g/mol. The van der Waals surface area contributed by atoms with Gasteiger partial charge in [0.2, 0.25) is 0 Å². The molecule has 34 heavy (non-hydrogen) atoms. The van der Waals surface area contributed by atoms with Crippen LogP contribution in [0.15, 0.2) is 36.7 Å². The quantitative estimate of drug-likeness (QED) is 0.153. The Hall–Kier alpha value is -2.23. The predicted octanol–water partition coefficient (Wildman–Crippen LogP) is 8.87. The minimum atomic E-state index is -0.197. The molecule has 0 saturated heterocycles. The smallest absolute Gasteiger partial charge is 0.311 e. The summed E-state index contributed by atoms with van der Waals surface area (Å²) >= 11 is 0. The Morgan fingerprint density at radius 3 is 1.74 bits per heavy atom. The van der Waals surface area contributed by atoms with Gasteiger partial charge in [-0.1, -0.05) is 122 Å². The van der Waals surface area contributed by atoms with E-state index in [2.05, 4.69) is 48.1 Å². The van der Waals surface area contributed by atoms with Crippen LogP contribution in [0.4, 0.5) is 0 Å². The summed E-state index contributed by atoms with van der Waals surface area (Å²) in [6, 6.07) is 8.51. The Balaban J connectivity index is 1.64. The molecule has 188 valence electrons. The lowest BCUT2D eigenvalue weighted by molar-refractivity contribution is -0.134. The van der Waals surface area contributed by atoms with Crippen LogP contribution in [0.1, 0.15) is 122 Å². The van der Waals surface area contributed by atoms with Gasteiger partial charge in [0.25, 0.3) is 0 Å². The Labute approximate surface area is 208 Å². The van der Waals surface area contributed by atoms with E-state index in [1.807, 2.05) is 0 Å². The van der Waals surface area contributed by atoms with E-state index in [1.165, 1.54) is 89.0 Å². The first kappa shape index (κ1) is 28.0. The van der Waals surface area contributed by atoms with Crippen LogP contribution < -0.4 is 4.74 Å². The Morgan fingerprint density at radius 1 is 0.676 bits per heavy atom. The zero-order valence-corrected chi connectivity index (χ0v) is 21.7. The van der Waals surface area contributed by atoms with E-state index >= 15 is 0 Å². The van der Waals surface area contributed by atoms with Gasteiger partial charge in [0, 0.05) is 12.0 Å². The van der Waals surface area contributed by atoms with Crippen LogP contribution >= 0.6 is 0 Å². The van der Waals surface area contributed by atoms with E-state index < -0.39 is 0 Å². The normalized spacial score (nSPS) is 11.0. The van der Waals surface area contributed by atoms with Gasteiger partial charge in [-0.25, -0.2) is 9.97 Å². The second kappa shape index (κ2) is 18.1. The molecule has 0 aliphatic rings. The highest BCUT2D eigenvalue weighted by Crippen LogP contribution is 2.19. The number of aromatic nitrogens is 2. The summed E-state index contributed by atoms with van der Waals surface area (Å²) in [6.07, 6.45) is 23.8. The van der Waals surface area contributed by atoms with Crippen LogP contribution in [0, 0.1) is 0 Å². The highest BCUT2D eigenvalue weighted by molar-refractivity contribution is 5.72. The molecule has 0 fully saturated rings. The molecule has 2 rings (SSSR count). The molecule has 0 atom stereocenters. The molecule has 0 spiro atoms. The average Bonchev–Trinajstić information content (AvgIpc) is 2.86. The number of nitrogens with zero attached hydrogens (tertiary/aromatic N) is 2. The van der Waals surface area contributed by atoms with Crippen molar-refractivity contribution in [2.75, 3.05) is 0 Å². The highest BCUT2D eigenvalue weighted by atomic mass is 16.5. The number of esters is 1. The molecular weight excluding hydrogens is 420 g/mol. The molecule has 0 aliphatic heterocycles. The van der Waals surface area contributed by atoms with Crippen molar-refractivity contribution in [2.45, 2.75) is 123 Å². The van der Waals surface area contributed by atoms with Gasteiger partial charge >= 0.3 is 5.97 Å². The maximum atomic E-state index is 12.1. The van der Waals surface area contributed by atoms with Gasteiger partial charge in [0.05, 0.1) is 12.4 Å². The number of unbranched alkanes of at least 4 members (excludes halogenated alkanes) is 13. The van der Waals surface area contributed by atoms with Gasteiger partial charge in [-0.3, -0.25) is 4.79 Å². The molecule has 0 N–H and O–H groups in total. The first-order valence-electron chi connectivity index (χ1n) is 13.8. The fraction of sp³-hybridized carbons (Fsp3) is 0.633. The van der Waals surface area contributed by atoms with E-state index in [0.29, 0.717) is 18.0 Å². The zero-order valence-electron chi connectivity index (χ0n) is 21.7. The largest absolute Gasteiger partial charge is 0.423 e. The third-order valence-corrected chi connectivity index (χ3v) is 6.38. The van der Waals surface area contributed by atoms with E-state index in [0.717, 1.165) is 24.8 Å². The SMILES string of the molecule is CCCCCCCCCCC(=O)Oc1cnc(-c2ccc(CCCCCCCCC)cc2)nc1. The molecule has 0 bridgehead atoms. The molecule has 2 aromatic rings. The summed E-state index contributed by atoms with van der Waals surface area (Å²) in [4.78, 5) is 20.9. The van der Waals surface area contributed by atoms with Crippen LogP contribution in [0.25, 0.3) is 11.4 Å². The van der Waals surface area contributed by atoms with Crippen molar-refractivity contribution in [3.05, 3.63) is 42.2 Å². The fourth-order valence-electron chi connectivity index (χ4n) is 4.21. The molecule has 0 radical (unpaired) electrons. The lowest BCUT2D eigenvalue weighted by atomic mass is 10.0. The number of carbonyl (C=O) groups is 1. The molecule has 1 heterocycles. The molecule has 4 heteroatoms. The predicted molar refractivity (Wildman–Crippen MR) is 142 cm³/mol. The molecule has 1 aromatic carbocycles. The van der Waals surface area contributed by atoms with E-state index in [4.69, 9.17) is 4.74 Å².